The summed E-state index contributed by atoms with van der Waals surface area (Å²) in [5, 5.41) is 2.56. The van der Waals surface area contributed by atoms with Crippen LogP contribution in [-0.2, 0) is 28.9 Å². The van der Waals surface area contributed by atoms with E-state index in [9.17, 15) is 4.79 Å². The van der Waals surface area contributed by atoms with E-state index in [2.05, 4.69) is 87.8 Å². The van der Waals surface area contributed by atoms with Crippen LogP contribution in [0.25, 0.3) is 27.9 Å². The van der Waals surface area contributed by atoms with Gasteiger partial charge in [0.25, 0.3) is 0 Å². The van der Waals surface area contributed by atoms with Crippen molar-refractivity contribution in [2.45, 2.75) is 31.8 Å². The lowest BCUT2D eigenvalue weighted by Gasteiger charge is -2.30. The molecule has 1 unspecified atom stereocenters. The maximum Gasteiger partial charge on any atom is 0.330 e. The Kier molecular flexibility index (Phi) is 6.37. The van der Waals surface area contributed by atoms with Crippen molar-refractivity contribution in [3.63, 3.8) is 0 Å². The average molecular weight is 490 g/mol. The van der Waals surface area contributed by atoms with Crippen LogP contribution in [-0.4, -0.2) is 34.5 Å². The molecule has 0 saturated carbocycles. The molecule has 1 aliphatic carbocycles. The first-order valence-corrected chi connectivity index (χ1v) is 12.9. The maximum atomic E-state index is 11.5. The summed E-state index contributed by atoms with van der Waals surface area (Å²) < 4.78 is 4.74. The summed E-state index contributed by atoms with van der Waals surface area (Å²) >= 11 is 0. The zero-order valence-electron chi connectivity index (χ0n) is 21.0. The van der Waals surface area contributed by atoms with E-state index in [-0.39, 0.29) is 5.97 Å². The van der Waals surface area contributed by atoms with Crippen molar-refractivity contribution >= 4 is 33.9 Å². The third-order valence-corrected chi connectivity index (χ3v) is 7.61. The van der Waals surface area contributed by atoms with Crippen molar-refractivity contribution in [3.8, 4) is 0 Å². The second-order valence-corrected chi connectivity index (χ2v) is 9.85. The van der Waals surface area contributed by atoms with Crippen LogP contribution in [0.3, 0.4) is 0 Å². The van der Waals surface area contributed by atoms with E-state index in [4.69, 9.17) is 4.74 Å². The zero-order valence-corrected chi connectivity index (χ0v) is 21.0. The summed E-state index contributed by atoms with van der Waals surface area (Å²) in [6.45, 7) is 1.87. The molecule has 0 bridgehead atoms. The molecule has 3 aromatic carbocycles. The predicted octanol–water partition coefficient (Wildman–Crippen LogP) is 6.57. The zero-order chi connectivity index (χ0) is 25.2. The van der Waals surface area contributed by atoms with E-state index < -0.39 is 0 Å². The highest BCUT2D eigenvalue weighted by atomic mass is 16.5. The van der Waals surface area contributed by atoms with Gasteiger partial charge in [-0.05, 0) is 82.8 Å². The summed E-state index contributed by atoms with van der Waals surface area (Å²) in [6, 6.07) is 24.4. The molecule has 2 heterocycles. The van der Waals surface area contributed by atoms with Crippen molar-refractivity contribution in [3.05, 3.63) is 113 Å². The van der Waals surface area contributed by atoms with Gasteiger partial charge in [0.15, 0.2) is 0 Å². The van der Waals surface area contributed by atoms with Crippen LogP contribution in [0.15, 0.2) is 85.2 Å². The van der Waals surface area contributed by atoms with Crippen molar-refractivity contribution in [1.82, 2.24) is 14.9 Å². The van der Waals surface area contributed by atoms with E-state index in [1.807, 2.05) is 12.3 Å². The highest BCUT2D eigenvalue weighted by Crippen LogP contribution is 2.38. The summed E-state index contributed by atoms with van der Waals surface area (Å²) in [7, 11) is 1.40. The molecule has 1 aliphatic rings. The van der Waals surface area contributed by atoms with Gasteiger partial charge >= 0.3 is 5.97 Å². The Morgan fingerprint density at radius 1 is 1.05 bits per heavy atom. The third kappa shape index (κ3) is 4.83. The Morgan fingerprint density at radius 2 is 1.97 bits per heavy atom. The minimum absolute atomic E-state index is 0.332. The number of aromatic amines is 2. The highest BCUT2D eigenvalue weighted by molar-refractivity contribution is 5.87. The van der Waals surface area contributed by atoms with Crippen LogP contribution < -0.4 is 0 Å². The van der Waals surface area contributed by atoms with E-state index in [0.717, 1.165) is 37.9 Å². The molecule has 0 saturated heterocycles. The molecule has 186 valence electrons. The van der Waals surface area contributed by atoms with E-state index in [0.29, 0.717) is 6.04 Å². The molecule has 5 aromatic rings. The molecular formula is C32H31N3O2. The lowest BCUT2D eigenvalue weighted by atomic mass is 10.0. The van der Waals surface area contributed by atoms with E-state index >= 15 is 0 Å². The fraction of sp³-hybridized carbons (Fsp3) is 0.219. The Labute approximate surface area is 216 Å². The normalized spacial score (nSPS) is 15.2. The number of esters is 1. The first-order valence-electron chi connectivity index (χ1n) is 12.9. The van der Waals surface area contributed by atoms with Gasteiger partial charge in [-0.3, -0.25) is 4.90 Å². The number of ether oxygens (including phenoxy) is 1. The van der Waals surface area contributed by atoms with Crippen LogP contribution in [0.4, 0.5) is 0 Å². The number of carbonyl (C=O) groups excluding carboxylic acids is 1. The fourth-order valence-corrected chi connectivity index (χ4v) is 5.71. The number of aromatic nitrogens is 2. The largest absolute Gasteiger partial charge is 0.466 e. The highest BCUT2D eigenvalue weighted by Gasteiger charge is 2.28. The number of nitrogens with one attached hydrogen (secondary N) is 2. The average Bonchev–Trinajstić information content (AvgIpc) is 3.67. The van der Waals surface area contributed by atoms with Crippen LogP contribution in [0.2, 0.25) is 0 Å². The van der Waals surface area contributed by atoms with Gasteiger partial charge in [-0.1, -0.05) is 42.5 Å². The quantitative estimate of drug-likeness (QED) is 0.191. The SMILES string of the molecule is COC(=O)/C=C/c1ccc2c(c1)CCC2N(CCc1c[nH]c2ccccc12)Cc1ccc2[nH]ccc2c1. The second kappa shape index (κ2) is 10.1. The van der Waals surface area contributed by atoms with Crippen molar-refractivity contribution < 1.29 is 9.53 Å². The number of aryl methyl sites for hydroxylation is 1. The van der Waals surface area contributed by atoms with Crippen LogP contribution >= 0.6 is 0 Å². The number of H-pyrrole nitrogens is 2. The number of methoxy groups -OCH3 is 1. The number of hydrogen-bond acceptors (Lipinski definition) is 3. The number of carbonyl (C=O) groups is 1. The molecule has 5 nitrogen and oxygen atoms in total. The predicted molar refractivity (Wildman–Crippen MR) is 149 cm³/mol. The topological polar surface area (TPSA) is 61.1 Å². The molecule has 1 atom stereocenters. The first-order chi connectivity index (χ1) is 18.2. The molecular weight excluding hydrogens is 458 g/mol. The second-order valence-electron chi connectivity index (χ2n) is 9.85. The molecule has 0 radical (unpaired) electrons. The Balaban J connectivity index is 1.28. The fourth-order valence-electron chi connectivity index (χ4n) is 5.71. The van der Waals surface area contributed by atoms with Gasteiger partial charge in [0.05, 0.1) is 7.11 Å². The maximum absolute atomic E-state index is 11.5. The minimum Gasteiger partial charge on any atom is -0.466 e. The van der Waals surface area contributed by atoms with E-state index in [1.165, 1.54) is 57.2 Å². The van der Waals surface area contributed by atoms with Crippen LogP contribution in [0.5, 0.6) is 0 Å². The summed E-state index contributed by atoms with van der Waals surface area (Å²) in [5.41, 5.74) is 8.87. The number of hydrogen-bond donors (Lipinski definition) is 2. The summed E-state index contributed by atoms with van der Waals surface area (Å²) in [4.78, 5) is 20.9. The van der Waals surface area contributed by atoms with Gasteiger partial charge in [-0.25, -0.2) is 4.79 Å². The number of fused-ring (bicyclic) bond motifs is 3. The Hall–Kier alpha value is -4.09. The standard InChI is InChI=1S/C32H31N3O2/c1-37-32(36)13-8-22-6-10-28-24(18-22)9-12-31(28)35(21-23-7-11-29-25(19-23)14-16-33-29)17-15-26-20-34-30-5-3-2-4-27(26)30/h2-8,10-11,13-14,16,18-20,31,33-34H,9,12,15,17,21H2,1H3/b13-8+. The summed E-state index contributed by atoms with van der Waals surface area (Å²) in [6.07, 6.45) is 10.6. The van der Waals surface area contributed by atoms with Gasteiger partial charge in [0, 0.05) is 54.0 Å². The summed E-state index contributed by atoms with van der Waals surface area (Å²) in [5.74, 6) is -0.332. The van der Waals surface area contributed by atoms with Crippen molar-refractivity contribution in [2.75, 3.05) is 13.7 Å². The minimum atomic E-state index is -0.332. The Bertz CT molecular complexity index is 1590. The third-order valence-electron chi connectivity index (χ3n) is 7.61. The molecule has 6 rings (SSSR count). The number of rotatable bonds is 8. The number of nitrogens with zero attached hydrogens (tertiary/aromatic N) is 1. The molecule has 5 heteroatoms. The Morgan fingerprint density at radius 3 is 2.89 bits per heavy atom. The number of para-hydroxylation sites is 1. The molecule has 2 N–H and O–H groups in total. The van der Waals surface area contributed by atoms with E-state index in [1.54, 1.807) is 0 Å². The van der Waals surface area contributed by atoms with Gasteiger partial charge < -0.3 is 14.7 Å². The molecule has 0 amide bonds. The molecule has 2 aromatic heterocycles. The molecule has 37 heavy (non-hydrogen) atoms. The van der Waals surface area contributed by atoms with Crippen molar-refractivity contribution in [1.29, 1.82) is 0 Å². The molecule has 0 fully saturated rings. The smallest absolute Gasteiger partial charge is 0.330 e. The molecule has 0 spiro atoms. The van der Waals surface area contributed by atoms with Crippen molar-refractivity contribution in [2.24, 2.45) is 0 Å². The van der Waals surface area contributed by atoms with Gasteiger partial charge in [-0.2, -0.15) is 0 Å². The lowest BCUT2D eigenvalue weighted by molar-refractivity contribution is -0.134. The van der Waals surface area contributed by atoms with Gasteiger partial charge in [-0.15, -0.1) is 0 Å². The van der Waals surface area contributed by atoms with Gasteiger partial charge in [0.1, 0.15) is 0 Å². The van der Waals surface area contributed by atoms with Crippen LogP contribution in [0, 0.1) is 0 Å². The van der Waals surface area contributed by atoms with Gasteiger partial charge in [0.2, 0.25) is 0 Å². The lowest BCUT2D eigenvalue weighted by Crippen LogP contribution is -2.29. The first kappa shape index (κ1) is 23.3. The van der Waals surface area contributed by atoms with Crippen LogP contribution in [0.1, 0.15) is 40.3 Å². The number of benzene rings is 3. The monoisotopic (exact) mass is 489 g/mol. The molecule has 0 aliphatic heterocycles.